The van der Waals surface area contributed by atoms with Crippen LogP contribution in [0.25, 0.3) is 22.0 Å². The number of piperazine rings is 1. The van der Waals surface area contributed by atoms with Crippen LogP contribution in [-0.4, -0.2) is 93.7 Å². The molecule has 4 aromatic carbocycles. The normalized spacial score (nSPS) is 17.9. The number of aromatic hydroxyl groups is 1. The van der Waals surface area contributed by atoms with Crippen LogP contribution >= 0.6 is 0 Å². The number of hydrogen-bond donors (Lipinski definition) is 1. The van der Waals surface area contributed by atoms with E-state index in [4.69, 9.17) is 0 Å². The highest BCUT2D eigenvalue weighted by molar-refractivity contribution is 7.90. The predicted molar refractivity (Wildman–Crippen MR) is 206 cm³/mol. The molecule has 2 fully saturated rings. The summed E-state index contributed by atoms with van der Waals surface area (Å²) in [5, 5.41) is 14.3. The number of fused-ring (bicyclic) bond motifs is 2. The van der Waals surface area contributed by atoms with Gasteiger partial charge in [0.15, 0.2) is 9.84 Å². The van der Waals surface area contributed by atoms with E-state index in [-0.39, 0.29) is 67.4 Å². The molecule has 0 saturated carbocycles. The molecular weight excluding hydrogens is 703 g/mol. The Hall–Kier alpha value is -5.72. The number of hydrogen-bond acceptors (Lipinski definition) is 7. The maximum atomic E-state index is 14.7. The minimum Gasteiger partial charge on any atom is -0.508 e. The number of rotatable bonds is 11. The summed E-state index contributed by atoms with van der Waals surface area (Å²) >= 11 is 0. The van der Waals surface area contributed by atoms with Crippen molar-refractivity contribution in [2.45, 2.75) is 42.9 Å². The van der Waals surface area contributed by atoms with Crippen molar-refractivity contribution in [3.8, 4) is 16.9 Å². The maximum absolute atomic E-state index is 14.7. The van der Waals surface area contributed by atoms with Gasteiger partial charge in [-0.05, 0) is 52.9 Å². The Kier molecular flexibility index (Phi) is 10.1. The zero-order valence-electron chi connectivity index (χ0n) is 30.3. The fourth-order valence-electron chi connectivity index (χ4n) is 7.77. The van der Waals surface area contributed by atoms with Crippen molar-refractivity contribution in [2.24, 2.45) is 7.05 Å². The van der Waals surface area contributed by atoms with E-state index in [1.54, 1.807) is 74.4 Å². The Morgan fingerprint density at radius 1 is 0.926 bits per heavy atom. The molecule has 0 spiro atoms. The molecule has 0 bridgehead atoms. The summed E-state index contributed by atoms with van der Waals surface area (Å²) in [4.78, 5) is 46.5. The van der Waals surface area contributed by atoms with Crippen LogP contribution in [0.3, 0.4) is 0 Å². The number of para-hydroxylation sites is 1. The first kappa shape index (κ1) is 36.6. The van der Waals surface area contributed by atoms with Crippen LogP contribution in [-0.2, 0) is 50.7 Å². The highest BCUT2D eigenvalue weighted by Gasteiger charge is 2.51. The van der Waals surface area contributed by atoms with Crippen LogP contribution < -0.4 is 0 Å². The van der Waals surface area contributed by atoms with Crippen molar-refractivity contribution in [2.75, 3.05) is 25.9 Å². The summed E-state index contributed by atoms with van der Waals surface area (Å²) in [5.74, 6) is -0.540. The smallest absolute Gasteiger partial charge is 0.246 e. The zero-order valence-corrected chi connectivity index (χ0v) is 31.2. The molecule has 5 aromatic rings. The maximum Gasteiger partial charge on any atom is 0.246 e. The van der Waals surface area contributed by atoms with E-state index in [1.807, 2.05) is 66.3 Å². The second kappa shape index (κ2) is 15.0. The van der Waals surface area contributed by atoms with E-state index in [2.05, 4.69) is 6.58 Å². The Labute approximate surface area is 315 Å². The van der Waals surface area contributed by atoms with Gasteiger partial charge in [0.1, 0.15) is 18.0 Å². The molecule has 11 nitrogen and oxygen atoms in total. The van der Waals surface area contributed by atoms with Crippen molar-refractivity contribution in [1.29, 1.82) is 0 Å². The number of benzene rings is 4. The van der Waals surface area contributed by atoms with E-state index >= 15 is 0 Å². The molecule has 3 heterocycles. The lowest BCUT2D eigenvalue weighted by atomic mass is 9.97. The quantitative estimate of drug-likeness (QED) is 0.190. The highest BCUT2D eigenvalue weighted by atomic mass is 32.2. The minimum atomic E-state index is -3.35. The van der Waals surface area contributed by atoms with Gasteiger partial charge in [0, 0.05) is 56.4 Å². The molecule has 12 heteroatoms. The molecule has 1 aromatic heterocycles. The van der Waals surface area contributed by atoms with Crippen LogP contribution in [0.1, 0.15) is 23.1 Å². The van der Waals surface area contributed by atoms with Crippen molar-refractivity contribution in [1.82, 2.24) is 24.4 Å². The van der Waals surface area contributed by atoms with Gasteiger partial charge in [-0.3, -0.25) is 14.4 Å². The number of phenols is 1. The zero-order chi connectivity index (χ0) is 38.1. The van der Waals surface area contributed by atoms with Crippen LogP contribution in [0.15, 0.2) is 121 Å². The number of aromatic nitrogens is 1. The van der Waals surface area contributed by atoms with Gasteiger partial charge in [-0.25, -0.2) is 18.4 Å². The van der Waals surface area contributed by atoms with Gasteiger partial charge in [0.2, 0.25) is 17.7 Å². The molecule has 1 N–H and O–H groups in total. The molecule has 2 atom stereocenters. The third-order valence-corrected chi connectivity index (χ3v) is 11.4. The second-order valence-corrected chi connectivity index (χ2v) is 16.0. The summed E-state index contributed by atoms with van der Waals surface area (Å²) in [7, 11) is -1.41. The first-order valence-corrected chi connectivity index (χ1v) is 19.8. The summed E-state index contributed by atoms with van der Waals surface area (Å²) in [5.41, 5.74) is 5.37. The standard InChI is InChI=1S/C42H43N5O6S/c1-4-23-45-28-40(50)46-37(24-30-13-18-33(48)19-14-30)42(51)44(27-38(46)47(45)39(49)22-15-29-9-6-5-7-10-29)25-32-11-8-12-35-36(26-43(2)41(32)35)31-16-20-34(21-17-31)54(3,52)53/h4-14,16-21,26,37-38,48H,1,15,22-25,27-28H2,2-3H3/t37-,38?/m0/s1. The first-order chi connectivity index (χ1) is 25.9. The largest absolute Gasteiger partial charge is 0.508 e. The third-order valence-electron chi connectivity index (χ3n) is 10.3. The Balaban J connectivity index is 1.26. The number of carbonyl (C=O) groups excluding carboxylic acids is 3. The van der Waals surface area contributed by atoms with Crippen LogP contribution in [0, 0.1) is 0 Å². The SMILES string of the molecule is C=CCN1CC(=O)N2C(CN(Cc3cccc4c(-c5ccc(S(C)(=O)=O)cc5)cn(C)c34)C(=O)[C@@H]2Cc2ccc(O)cc2)N1C(=O)CCc1ccccc1. The topological polar surface area (TPSA) is 123 Å². The number of hydrazine groups is 1. The van der Waals surface area contributed by atoms with Crippen molar-refractivity contribution < 1.29 is 27.9 Å². The number of phenolic OH excluding ortho intramolecular Hbond substituents is 1. The number of nitrogens with zero attached hydrogens (tertiary/aromatic N) is 5. The molecule has 7 rings (SSSR count). The van der Waals surface area contributed by atoms with E-state index in [1.165, 1.54) is 6.26 Å². The molecular formula is C42H43N5O6S. The molecule has 0 radical (unpaired) electrons. The first-order valence-electron chi connectivity index (χ1n) is 17.9. The van der Waals surface area contributed by atoms with E-state index < -0.39 is 22.0 Å². The number of amides is 3. The molecule has 2 aliphatic rings. The van der Waals surface area contributed by atoms with Crippen LogP contribution in [0.4, 0.5) is 0 Å². The lowest BCUT2D eigenvalue weighted by Crippen LogP contribution is -2.75. The van der Waals surface area contributed by atoms with Crippen molar-refractivity contribution in [3.63, 3.8) is 0 Å². The molecule has 1 unspecified atom stereocenters. The molecule has 3 amide bonds. The molecule has 278 valence electrons. The van der Waals surface area contributed by atoms with Gasteiger partial charge in [-0.2, -0.15) is 0 Å². The van der Waals surface area contributed by atoms with Gasteiger partial charge < -0.3 is 19.5 Å². The lowest BCUT2D eigenvalue weighted by molar-refractivity contribution is -0.205. The predicted octanol–water partition coefficient (Wildman–Crippen LogP) is 4.94. The minimum absolute atomic E-state index is 0.0739. The Morgan fingerprint density at radius 3 is 2.33 bits per heavy atom. The molecule has 2 aliphatic heterocycles. The molecule has 0 aliphatic carbocycles. The van der Waals surface area contributed by atoms with Crippen LogP contribution in [0.2, 0.25) is 0 Å². The average molecular weight is 746 g/mol. The van der Waals surface area contributed by atoms with Gasteiger partial charge in [-0.1, -0.05) is 78.9 Å². The molecule has 2 saturated heterocycles. The van der Waals surface area contributed by atoms with Gasteiger partial charge in [0.25, 0.3) is 0 Å². The number of sulfone groups is 1. The third kappa shape index (κ3) is 7.27. The highest BCUT2D eigenvalue weighted by Crippen LogP contribution is 2.35. The number of carbonyl (C=O) groups is 3. The fraction of sp³-hybridized carbons (Fsp3) is 0.262. The van der Waals surface area contributed by atoms with Crippen molar-refractivity contribution >= 4 is 38.5 Å². The van der Waals surface area contributed by atoms with E-state index in [0.29, 0.717) is 6.42 Å². The van der Waals surface area contributed by atoms with E-state index in [0.717, 1.165) is 38.7 Å². The summed E-state index contributed by atoms with van der Waals surface area (Å²) < 4.78 is 26.2. The van der Waals surface area contributed by atoms with Crippen molar-refractivity contribution in [3.05, 3.63) is 133 Å². The summed E-state index contributed by atoms with van der Waals surface area (Å²) in [6, 6.07) is 28.2. The number of aryl methyl sites for hydroxylation is 2. The monoisotopic (exact) mass is 745 g/mol. The van der Waals surface area contributed by atoms with Crippen LogP contribution in [0.5, 0.6) is 5.75 Å². The van der Waals surface area contributed by atoms with Gasteiger partial charge in [0.05, 0.1) is 23.5 Å². The van der Waals surface area contributed by atoms with E-state index in [9.17, 15) is 27.9 Å². The lowest BCUT2D eigenvalue weighted by Gasteiger charge is -2.55. The second-order valence-electron chi connectivity index (χ2n) is 14.0. The Morgan fingerprint density at radius 2 is 1.65 bits per heavy atom. The summed E-state index contributed by atoms with van der Waals surface area (Å²) in [6.45, 7) is 4.41. The molecule has 54 heavy (non-hydrogen) atoms. The average Bonchev–Trinajstić information content (AvgIpc) is 3.50. The van der Waals surface area contributed by atoms with Gasteiger partial charge >= 0.3 is 0 Å². The Bertz CT molecular complexity index is 2320. The summed E-state index contributed by atoms with van der Waals surface area (Å²) in [6.07, 6.45) is 5.03. The fourth-order valence-corrected chi connectivity index (χ4v) is 8.40. The van der Waals surface area contributed by atoms with Gasteiger partial charge in [-0.15, -0.1) is 6.58 Å².